The Hall–Kier alpha value is -3.01. The Morgan fingerprint density at radius 1 is 0.373 bits per heavy atom. The van der Waals surface area contributed by atoms with Gasteiger partial charge in [-0.15, -0.1) is 0 Å². The molecule has 0 aromatic heterocycles. The number of carboxylic acid groups (broad SMARTS) is 1. The Labute approximate surface area is 514 Å². The summed E-state index contributed by atoms with van der Waals surface area (Å²) in [4.78, 5) is 37.5. The minimum Gasteiger partial charge on any atom is -0.545 e. The maximum atomic E-state index is 12.9. The second-order valence-electron chi connectivity index (χ2n) is 25.1. The molecule has 0 fully saturated rings. The van der Waals surface area contributed by atoms with Gasteiger partial charge in [0.25, 0.3) is 0 Å². The summed E-state index contributed by atoms with van der Waals surface area (Å²) in [6.45, 7) is 4.69. The van der Waals surface area contributed by atoms with Gasteiger partial charge in [0.2, 0.25) is 0 Å². The lowest BCUT2D eigenvalue weighted by Crippen LogP contribution is -2.44. The van der Waals surface area contributed by atoms with Gasteiger partial charge in [-0.1, -0.05) is 306 Å². The highest BCUT2D eigenvalue weighted by atomic mass is 16.7. The van der Waals surface area contributed by atoms with Gasteiger partial charge in [0.15, 0.2) is 12.4 Å². The average Bonchev–Trinajstić information content (AvgIpc) is 3.46. The summed E-state index contributed by atoms with van der Waals surface area (Å²) < 4.78 is 22.8. The summed E-state index contributed by atoms with van der Waals surface area (Å²) in [5.74, 6) is -2.26. The summed E-state index contributed by atoms with van der Waals surface area (Å²) in [6, 6.07) is 0. The number of carboxylic acids is 1. The molecular formula is C74H135NO8. The first-order valence-corrected chi connectivity index (χ1v) is 35.4. The minimum absolute atomic E-state index is 0.149. The molecule has 0 radical (unpaired) electrons. The number of rotatable bonds is 66. The molecule has 0 rings (SSSR count). The first-order chi connectivity index (χ1) is 40.6. The lowest BCUT2D eigenvalue weighted by molar-refractivity contribution is -0.870. The molecule has 0 spiro atoms. The van der Waals surface area contributed by atoms with Crippen molar-refractivity contribution in [1.29, 1.82) is 0 Å². The smallest absolute Gasteiger partial charge is 0.306 e. The second kappa shape index (κ2) is 65.0. The van der Waals surface area contributed by atoms with Crippen molar-refractivity contribution < 1.29 is 42.9 Å². The molecule has 0 N–H and O–H groups in total. The molecule has 0 aliphatic carbocycles. The summed E-state index contributed by atoms with van der Waals surface area (Å²) in [6.07, 6.45) is 81.6. The predicted molar refractivity (Wildman–Crippen MR) is 352 cm³/mol. The van der Waals surface area contributed by atoms with Gasteiger partial charge in [-0.05, 0) is 77.0 Å². The lowest BCUT2D eigenvalue weighted by Gasteiger charge is -2.26. The molecule has 0 aromatic rings. The van der Waals surface area contributed by atoms with E-state index in [4.69, 9.17) is 18.9 Å². The lowest BCUT2D eigenvalue weighted by atomic mass is 10.0. The summed E-state index contributed by atoms with van der Waals surface area (Å²) in [5, 5.41) is 11.8. The van der Waals surface area contributed by atoms with Crippen LogP contribution in [0.5, 0.6) is 0 Å². The number of quaternary nitrogens is 1. The molecule has 0 saturated carbocycles. The zero-order chi connectivity index (χ0) is 60.5. The Balaban J connectivity index is 4.07. The van der Waals surface area contributed by atoms with E-state index in [9.17, 15) is 19.5 Å². The molecule has 0 saturated heterocycles. The van der Waals surface area contributed by atoms with Crippen LogP contribution in [0, 0.1) is 0 Å². The monoisotopic (exact) mass is 1170 g/mol. The zero-order valence-electron chi connectivity index (χ0n) is 55.3. The number of likely N-dealkylation sites (N-methyl/N-ethyl adjacent to an activating group) is 1. The van der Waals surface area contributed by atoms with E-state index in [-0.39, 0.29) is 32.2 Å². The molecule has 0 aliphatic rings. The third-order valence-corrected chi connectivity index (χ3v) is 15.7. The van der Waals surface area contributed by atoms with Crippen molar-refractivity contribution in [3.63, 3.8) is 0 Å². The quantitative estimate of drug-likeness (QED) is 0.0195. The van der Waals surface area contributed by atoms with Crippen molar-refractivity contribution in [2.75, 3.05) is 47.5 Å². The van der Waals surface area contributed by atoms with Crippen molar-refractivity contribution in [2.45, 2.75) is 347 Å². The van der Waals surface area contributed by atoms with E-state index in [1.807, 2.05) is 21.1 Å². The van der Waals surface area contributed by atoms with Crippen LogP contribution in [0.15, 0.2) is 60.8 Å². The Morgan fingerprint density at radius 3 is 1.04 bits per heavy atom. The molecule has 9 nitrogen and oxygen atoms in total. The van der Waals surface area contributed by atoms with Crippen molar-refractivity contribution in [2.24, 2.45) is 0 Å². The summed E-state index contributed by atoms with van der Waals surface area (Å²) in [5.41, 5.74) is 0. The van der Waals surface area contributed by atoms with E-state index in [0.29, 0.717) is 23.9 Å². The number of hydrogen-bond acceptors (Lipinski definition) is 8. The van der Waals surface area contributed by atoms with Crippen molar-refractivity contribution in [3.8, 4) is 0 Å². The molecular weight excluding hydrogens is 1030 g/mol. The van der Waals surface area contributed by atoms with Gasteiger partial charge < -0.3 is 33.3 Å². The van der Waals surface area contributed by atoms with Crippen LogP contribution < -0.4 is 5.11 Å². The molecule has 9 heteroatoms. The molecule has 484 valence electrons. The van der Waals surface area contributed by atoms with E-state index < -0.39 is 24.3 Å². The number of ether oxygens (including phenoxy) is 4. The first kappa shape index (κ1) is 80.0. The van der Waals surface area contributed by atoms with E-state index in [2.05, 4.69) is 74.6 Å². The highest BCUT2D eigenvalue weighted by Crippen LogP contribution is 2.18. The number of allylic oxidation sites excluding steroid dienone is 10. The molecule has 0 aliphatic heterocycles. The zero-order valence-corrected chi connectivity index (χ0v) is 55.3. The molecule has 2 atom stereocenters. The van der Waals surface area contributed by atoms with Crippen LogP contribution >= 0.6 is 0 Å². The van der Waals surface area contributed by atoms with Crippen molar-refractivity contribution in [3.05, 3.63) is 60.8 Å². The molecule has 2 unspecified atom stereocenters. The fourth-order valence-electron chi connectivity index (χ4n) is 10.4. The van der Waals surface area contributed by atoms with E-state index in [1.54, 1.807) is 0 Å². The number of carbonyl (C=O) groups excluding carboxylic acids is 3. The van der Waals surface area contributed by atoms with Crippen LogP contribution in [0.2, 0.25) is 0 Å². The number of unbranched alkanes of at least 4 members (excludes halogenated alkanes) is 41. The Morgan fingerprint density at radius 2 is 0.687 bits per heavy atom. The van der Waals surface area contributed by atoms with Gasteiger partial charge in [-0.25, -0.2) is 0 Å². The fourth-order valence-corrected chi connectivity index (χ4v) is 10.4. The number of hydrogen-bond donors (Lipinski definition) is 0. The fraction of sp³-hybridized carbons (Fsp3) is 0.824. The standard InChI is InChI=1S/C74H135NO8/c1-6-8-10-12-14-16-18-20-22-24-26-28-30-32-34-35-36-37-39-41-43-45-47-49-51-53-55-57-59-61-63-65-72(77)83-70(69-82-74(73(78)79)80-67-66-75(3,4)5)68-81-71(76)64-62-60-58-56-54-52-50-48-46-44-42-40-38-33-31-29-27-25-23-21-19-17-15-13-11-9-7-2/h8,10,14,16,20,22,25-28,70,74H,6-7,9,11-13,15,17-19,21,23-24,29-69H2,1-5H3/b10-8-,16-14-,22-20-,27-25-,28-26-. The highest BCUT2D eigenvalue weighted by Gasteiger charge is 2.22. The summed E-state index contributed by atoms with van der Waals surface area (Å²) in [7, 11) is 5.94. The van der Waals surface area contributed by atoms with Crippen molar-refractivity contribution >= 4 is 17.9 Å². The second-order valence-corrected chi connectivity index (χ2v) is 25.1. The Kier molecular flexibility index (Phi) is 62.6. The number of esters is 2. The van der Waals surface area contributed by atoms with Crippen LogP contribution in [0.25, 0.3) is 0 Å². The largest absolute Gasteiger partial charge is 0.545 e. The van der Waals surface area contributed by atoms with Gasteiger partial charge in [0.1, 0.15) is 13.2 Å². The normalized spacial score (nSPS) is 13.0. The van der Waals surface area contributed by atoms with Crippen LogP contribution in [-0.2, 0) is 33.3 Å². The first-order valence-electron chi connectivity index (χ1n) is 35.4. The number of nitrogens with zero attached hydrogens (tertiary/aromatic N) is 1. The topological polar surface area (TPSA) is 111 Å². The predicted octanol–water partition coefficient (Wildman–Crippen LogP) is 20.6. The van der Waals surface area contributed by atoms with E-state index in [1.165, 1.54) is 244 Å². The highest BCUT2D eigenvalue weighted by molar-refractivity contribution is 5.70. The summed E-state index contributed by atoms with van der Waals surface area (Å²) >= 11 is 0. The Bertz CT molecular complexity index is 1550. The maximum Gasteiger partial charge on any atom is 0.306 e. The van der Waals surface area contributed by atoms with Crippen LogP contribution in [0.4, 0.5) is 0 Å². The number of carbonyl (C=O) groups is 3. The molecule has 83 heavy (non-hydrogen) atoms. The van der Waals surface area contributed by atoms with E-state index >= 15 is 0 Å². The van der Waals surface area contributed by atoms with Crippen LogP contribution in [0.3, 0.4) is 0 Å². The third kappa shape index (κ3) is 66.4. The van der Waals surface area contributed by atoms with Crippen molar-refractivity contribution in [1.82, 2.24) is 0 Å². The molecule has 0 heterocycles. The maximum absolute atomic E-state index is 12.9. The average molecular weight is 1170 g/mol. The molecule has 0 aromatic carbocycles. The number of aliphatic carboxylic acids is 1. The van der Waals surface area contributed by atoms with Gasteiger partial charge in [-0.2, -0.15) is 0 Å². The van der Waals surface area contributed by atoms with Gasteiger partial charge in [-0.3, -0.25) is 9.59 Å². The minimum atomic E-state index is -1.62. The third-order valence-electron chi connectivity index (χ3n) is 15.7. The molecule has 0 amide bonds. The van der Waals surface area contributed by atoms with Crippen LogP contribution in [-0.4, -0.2) is 82.3 Å². The van der Waals surface area contributed by atoms with Gasteiger partial charge in [0, 0.05) is 12.8 Å². The van der Waals surface area contributed by atoms with Crippen LogP contribution in [0.1, 0.15) is 335 Å². The van der Waals surface area contributed by atoms with Gasteiger partial charge >= 0.3 is 11.9 Å². The SMILES string of the molecule is CC/C=C\C/C=C\C/C=C\C/C=C\CCCCCCCCCCCCCCCCCCCCC(=O)OC(COC(=O)CCCCCCCCCCCCCCCCC/C=C\CCCCCCCCCC)COC(OCC[N+](C)(C)C)C(=O)[O-]. The van der Waals surface area contributed by atoms with Gasteiger partial charge in [0.05, 0.1) is 40.3 Å². The molecule has 0 bridgehead atoms. The van der Waals surface area contributed by atoms with E-state index in [0.717, 1.165) is 57.8 Å².